The van der Waals surface area contributed by atoms with Gasteiger partial charge >= 0.3 is 0 Å². The Morgan fingerprint density at radius 3 is 2.37 bits per heavy atom. The number of halogens is 2. The van der Waals surface area contributed by atoms with Crippen molar-refractivity contribution in [3.05, 3.63) is 45.9 Å². The lowest BCUT2D eigenvalue weighted by molar-refractivity contribution is 0.398. The van der Waals surface area contributed by atoms with E-state index in [1.54, 1.807) is 23.9 Å². The molecule has 1 aromatic heterocycles. The lowest BCUT2D eigenvalue weighted by Gasteiger charge is -2.32. The number of aromatic nitrogens is 3. The van der Waals surface area contributed by atoms with Crippen LogP contribution in [0.4, 0.5) is 4.39 Å². The van der Waals surface area contributed by atoms with Gasteiger partial charge in [-0.1, -0.05) is 31.2 Å². The predicted octanol–water partition coefficient (Wildman–Crippen LogP) is 2.69. The lowest BCUT2D eigenvalue weighted by atomic mass is 9.77. The molecule has 1 aromatic carbocycles. The Morgan fingerprint density at radius 1 is 1.32 bits per heavy atom. The number of benzene rings is 1. The molecule has 2 aromatic rings. The van der Waals surface area contributed by atoms with Gasteiger partial charge in [0.2, 0.25) is 0 Å². The van der Waals surface area contributed by atoms with Crippen molar-refractivity contribution >= 4 is 15.9 Å². The Kier molecular flexibility index (Phi) is 3.73. The highest BCUT2D eigenvalue weighted by Gasteiger charge is 2.33. The number of aryl methyl sites for hydroxylation is 1. The summed E-state index contributed by atoms with van der Waals surface area (Å²) in [7, 11) is 1.80. The summed E-state index contributed by atoms with van der Waals surface area (Å²) >= 11 is 3.36. The van der Waals surface area contributed by atoms with E-state index in [-0.39, 0.29) is 17.3 Å². The van der Waals surface area contributed by atoms with E-state index in [9.17, 15) is 4.39 Å². The highest BCUT2D eigenvalue weighted by atomic mass is 79.9. The summed E-state index contributed by atoms with van der Waals surface area (Å²) < 4.78 is 15.3. The molecule has 0 bridgehead atoms. The highest BCUT2D eigenvalue weighted by molar-refractivity contribution is 9.10. The summed E-state index contributed by atoms with van der Waals surface area (Å²) in [4.78, 5) is 0. The van der Waals surface area contributed by atoms with Crippen LogP contribution in [-0.4, -0.2) is 15.0 Å². The minimum Gasteiger partial charge on any atom is -0.322 e. The van der Waals surface area contributed by atoms with E-state index in [4.69, 9.17) is 5.73 Å². The lowest BCUT2D eigenvalue weighted by Crippen LogP contribution is -2.34. The summed E-state index contributed by atoms with van der Waals surface area (Å²) in [6.07, 6.45) is 0. The van der Waals surface area contributed by atoms with Gasteiger partial charge in [0.15, 0.2) is 4.60 Å². The smallest absolute Gasteiger partial charge is 0.153 e. The molecule has 0 saturated heterocycles. The molecule has 4 nitrogen and oxygen atoms in total. The third kappa shape index (κ3) is 2.55. The molecule has 0 aliphatic rings. The van der Waals surface area contributed by atoms with Crippen molar-refractivity contribution in [3.63, 3.8) is 0 Å². The maximum absolute atomic E-state index is 13.0. The number of nitrogens with zero attached hydrogens (tertiary/aromatic N) is 3. The van der Waals surface area contributed by atoms with Gasteiger partial charge in [0.1, 0.15) is 5.82 Å². The topological polar surface area (TPSA) is 56.7 Å². The van der Waals surface area contributed by atoms with Crippen LogP contribution in [0.5, 0.6) is 0 Å². The molecule has 0 aliphatic carbocycles. The first kappa shape index (κ1) is 14.1. The minimum atomic E-state index is -0.369. The second-order valence-electron chi connectivity index (χ2n) is 5.10. The van der Waals surface area contributed by atoms with Crippen LogP contribution in [0.3, 0.4) is 0 Å². The standard InChI is InChI=1S/C13H16BrFN4/c1-13(2,8-4-6-9(15)7-5-8)11(16)10-12(14)17-18-19(10)3/h4-7,11H,16H2,1-3H3. The summed E-state index contributed by atoms with van der Waals surface area (Å²) in [5, 5.41) is 7.89. The van der Waals surface area contributed by atoms with Gasteiger partial charge in [0.05, 0.1) is 11.7 Å². The predicted molar refractivity (Wildman–Crippen MR) is 75.1 cm³/mol. The van der Waals surface area contributed by atoms with E-state index in [2.05, 4.69) is 26.2 Å². The van der Waals surface area contributed by atoms with Crippen molar-refractivity contribution < 1.29 is 4.39 Å². The van der Waals surface area contributed by atoms with E-state index < -0.39 is 0 Å². The Labute approximate surface area is 119 Å². The van der Waals surface area contributed by atoms with E-state index in [1.807, 2.05) is 13.8 Å². The molecule has 0 amide bonds. The van der Waals surface area contributed by atoms with Gasteiger partial charge in [-0.15, -0.1) is 5.10 Å². The molecule has 1 heterocycles. The Balaban J connectivity index is 2.41. The molecule has 19 heavy (non-hydrogen) atoms. The van der Waals surface area contributed by atoms with E-state index >= 15 is 0 Å². The molecule has 6 heteroatoms. The van der Waals surface area contributed by atoms with Crippen molar-refractivity contribution in [3.8, 4) is 0 Å². The van der Waals surface area contributed by atoms with Gasteiger partial charge in [-0.25, -0.2) is 9.07 Å². The fourth-order valence-corrected chi connectivity index (χ4v) is 2.64. The Hall–Kier alpha value is -1.27. The zero-order valence-corrected chi connectivity index (χ0v) is 12.6. The Morgan fingerprint density at radius 2 is 1.89 bits per heavy atom. The van der Waals surface area contributed by atoms with Crippen molar-refractivity contribution in [2.75, 3.05) is 0 Å². The van der Waals surface area contributed by atoms with E-state index in [0.29, 0.717) is 4.60 Å². The fraction of sp³-hybridized carbons (Fsp3) is 0.385. The molecule has 1 unspecified atom stereocenters. The second-order valence-corrected chi connectivity index (χ2v) is 5.85. The van der Waals surface area contributed by atoms with Crippen LogP contribution >= 0.6 is 15.9 Å². The van der Waals surface area contributed by atoms with Crippen LogP contribution in [0.2, 0.25) is 0 Å². The molecular formula is C13H16BrFN4. The SMILES string of the molecule is Cn1nnc(Br)c1C(N)C(C)(C)c1ccc(F)cc1. The average molecular weight is 327 g/mol. The summed E-state index contributed by atoms with van der Waals surface area (Å²) in [5.41, 5.74) is 7.78. The van der Waals surface area contributed by atoms with Crippen LogP contribution in [0.15, 0.2) is 28.9 Å². The zero-order chi connectivity index (χ0) is 14.2. The van der Waals surface area contributed by atoms with Gasteiger partial charge in [0, 0.05) is 12.5 Å². The van der Waals surface area contributed by atoms with Gasteiger partial charge in [-0.3, -0.25) is 0 Å². The molecule has 0 spiro atoms. The summed E-state index contributed by atoms with van der Waals surface area (Å²) in [6, 6.07) is 6.09. The van der Waals surface area contributed by atoms with Gasteiger partial charge in [-0.2, -0.15) is 0 Å². The maximum Gasteiger partial charge on any atom is 0.153 e. The van der Waals surface area contributed by atoms with Crippen LogP contribution < -0.4 is 5.73 Å². The number of nitrogens with two attached hydrogens (primary N) is 1. The van der Waals surface area contributed by atoms with Crippen molar-refractivity contribution in [2.24, 2.45) is 12.8 Å². The quantitative estimate of drug-likeness (QED) is 0.943. The third-order valence-electron chi connectivity index (χ3n) is 3.49. The minimum absolute atomic E-state index is 0.253. The number of hydrogen-bond donors (Lipinski definition) is 1. The maximum atomic E-state index is 13.0. The monoisotopic (exact) mass is 326 g/mol. The molecule has 102 valence electrons. The van der Waals surface area contributed by atoms with E-state index in [1.165, 1.54) is 12.1 Å². The molecule has 0 fully saturated rings. The van der Waals surface area contributed by atoms with Gasteiger partial charge in [0.25, 0.3) is 0 Å². The normalized spacial score (nSPS) is 13.6. The van der Waals surface area contributed by atoms with Crippen molar-refractivity contribution in [1.29, 1.82) is 0 Å². The summed E-state index contributed by atoms with van der Waals surface area (Å²) in [5.74, 6) is -0.253. The molecule has 1 atom stereocenters. The first-order valence-corrected chi connectivity index (χ1v) is 6.70. The Bertz CT molecular complexity index is 557. The van der Waals surface area contributed by atoms with Crippen LogP contribution in [0, 0.1) is 5.82 Å². The van der Waals surface area contributed by atoms with Gasteiger partial charge in [-0.05, 0) is 33.6 Å². The third-order valence-corrected chi connectivity index (χ3v) is 4.05. The molecule has 0 aliphatic heterocycles. The molecular weight excluding hydrogens is 311 g/mol. The first-order valence-electron chi connectivity index (χ1n) is 5.90. The first-order chi connectivity index (χ1) is 8.84. The highest BCUT2D eigenvalue weighted by Crippen LogP contribution is 2.36. The van der Waals surface area contributed by atoms with Crippen LogP contribution in [0.1, 0.15) is 31.1 Å². The molecule has 0 radical (unpaired) electrons. The van der Waals surface area contributed by atoms with Crippen LogP contribution in [-0.2, 0) is 12.5 Å². The summed E-state index contributed by atoms with van der Waals surface area (Å²) in [6.45, 7) is 4.04. The largest absolute Gasteiger partial charge is 0.322 e. The van der Waals surface area contributed by atoms with E-state index in [0.717, 1.165) is 11.3 Å². The molecule has 2 N–H and O–H groups in total. The van der Waals surface area contributed by atoms with Crippen LogP contribution in [0.25, 0.3) is 0 Å². The molecule has 2 rings (SSSR count). The van der Waals surface area contributed by atoms with Crippen molar-refractivity contribution in [2.45, 2.75) is 25.3 Å². The number of hydrogen-bond acceptors (Lipinski definition) is 3. The van der Waals surface area contributed by atoms with Gasteiger partial charge < -0.3 is 5.73 Å². The fourth-order valence-electron chi connectivity index (χ4n) is 2.07. The zero-order valence-electron chi connectivity index (χ0n) is 11.1. The average Bonchev–Trinajstić information content (AvgIpc) is 2.68. The number of rotatable bonds is 3. The second kappa shape index (κ2) is 5.02. The van der Waals surface area contributed by atoms with Crippen molar-refractivity contribution in [1.82, 2.24) is 15.0 Å². The molecule has 0 saturated carbocycles.